The van der Waals surface area contributed by atoms with Crippen LogP contribution in [0.15, 0.2) is 36.8 Å². The Morgan fingerprint density at radius 3 is 2.79 bits per heavy atom. The van der Waals surface area contributed by atoms with E-state index in [1.807, 2.05) is 18.2 Å². The predicted octanol–water partition coefficient (Wildman–Crippen LogP) is 2.70. The molecule has 0 bridgehead atoms. The van der Waals surface area contributed by atoms with Gasteiger partial charge in [0.2, 0.25) is 0 Å². The monoisotopic (exact) mass is 253 g/mol. The van der Waals surface area contributed by atoms with Crippen LogP contribution in [-0.4, -0.2) is 17.1 Å². The van der Waals surface area contributed by atoms with Crippen LogP contribution < -0.4 is 4.74 Å². The summed E-state index contributed by atoms with van der Waals surface area (Å²) in [7, 11) is 1.61. The Bertz CT molecular complexity index is 590. The van der Waals surface area contributed by atoms with Gasteiger partial charge in [-0.25, -0.2) is 9.97 Å². The van der Waals surface area contributed by atoms with E-state index < -0.39 is 5.92 Å². The zero-order chi connectivity index (χ0) is 13.7. The van der Waals surface area contributed by atoms with E-state index in [9.17, 15) is 5.26 Å². The van der Waals surface area contributed by atoms with Gasteiger partial charge < -0.3 is 4.74 Å². The van der Waals surface area contributed by atoms with Gasteiger partial charge in [-0.05, 0) is 24.1 Å². The number of ether oxygens (including phenoxy) is 1. The molecule has 0 spiro atoms. The summed E-state index contributed by atoms with van der Waals surface area (Å²) >= 11 is 0. The molecule has 1 atom stereocenters. The highest BCUT2D eigenvalue weighted by atomic mass is 16.5. The van der Waals surface area contributed by atoms with Gasteiger partial charge in [0.1, 0.15) is 18.0 Å². The molecule has 4 heteroatoms. The summed E-state index contributed by atoms with van der Waals surface area (Å²) in [5, 5.41) is 9.45. The van der Waals surface area contributed by atoms with Crippen molar-refractivity contribution in [2.45, 2.75) is 19.3 Å². The molecule has 4 nitrogen and oxygen atoms in total. The van der Waals surface area contributed by atoms with Crippen molar-refractivity contribution >= 4 is 0 Å². The van der Waals surface area contributed by atoms with Crippen LogP contribution in [-0.2, 0) is 6.42 Å². The van der Waals surface area contributed by atoms with Crippen molar-refractivity contribution in [1.82, 2.24) is 9.97 Å². The molecule has 0 saturated carbocycles. The van der Waals surface area contributed by atoms with Crippen LogP contribution in [0.4, 0.5) is 0 Å². The van der Waals surface area contributed by atoms with Crippen molar-refractivity contribution in [3.05, 3.63) is 53.6 Å². The quantitative estimate of drug-likeness (QED) is 0.840. The maximum atomic E-state index is 9.45. The molecule has 0 fully saturated rings. The minimum atomic E-state index is -0.440. The second kappa shape index (κ2) is 5.96. The standard InChI is InChI=1S/C15H15N3O/c1-3-11-4-5-15(19-2)12(8-11)13(9-16)14-6-7-17-10-18-14/h4-8,10,13H,3H2,1-2H3. The van der Waals surface area contributed by atoms with E-state index in [0.717, 1.165) is 12.0 Å². The molecular formula is C15H15N3O. The molecular weight excluding hydrogens is 238 g/mol. The summed E-state index contributed by atoms with van der Waals surface area (Å²) in [4.78, 5) is 8.05. The van der Waals surface area contributed by atoms with E-state index in [0.29, 0.717) is 11.4 Å². The van der Waals surface area contributed by atoms with Gasteiger partial charge in [-0.3, -0.25) is 0 Å². The molecule has 1 heterocycles. The van der Waals surface area contributed by atoms with E-state index in [2.05, 4.69) is 23.0 Å². The van der Waals surface area contributed by atoms with E-state index in [1.165, 1.54) is 11.9 Å². The van der Waals surface area contributed by atoms with E-state index in [1.54, 1.807) is 19.4 Å². The third-order valence-electron chi connectivity index (χ3n) is 3.04. The lowest BCUT2D eigenvalue weighted by Crippen LogP contribution is -2.04. The number of methoxy groups -OCH3 is 1. The number of aryl methyl sites for hydroxylation is 1. The third kappa shape index (κ3) is 2.71. The van der Waals surface area contributed by atoms with E-state index >= 15 is 0 Å². The Kier molecular flexibility index (Phi) is 4.09. The maximum Gasteiger partial charge on any atom is 0.123 e. The first-order valence-electron chi connectivity index (χ1n) is 6.12. The normalized spacial score (nSPS) is 11.6. The van der Waals surface area contributed by atoms with Crippen molar-refractivity contribution in [3.8, 4) is 11.8 Å². The average molecular weight is 253 g/mol. The second-order valence-corrected chi connectivity index (χ2v) is 4.13. The number of benzene rings is 1. The summed E-state index contributed by atoms with van der Waals surface area (Å²) in [6.07, 6.45) is 4.01. The van der Waals surface area contributed by atoms with Gasteiger partial charge in [-0.15, -0.1) is 0 Å². The van der Waals surface area contributed by atoms with Gasteiger partial charge in [0.25, 0.3) is 0 Å². The average Bonchev–Trinajstić information content (AvgIpc) is 2.49. The van der Waals surface area contributed by atoms with Gasteiger partial charge in [0.05, 0.1) is 18.9 Å². The zero-order valence-electron chi connectivity index (χ0n) is 11.0. The van der Waals surface area contributed by atoms with Crippen molar-refractivity contribution in [2.75, 3.05) is 7.11 Å². The van der Waals surface area contributed by atoms with Gasteiger partial charge in [-0.2, -0.15) is 5.26 Å². The molecule has 2 aromatic rings. The lowest BCUT2D eigenvalue weighted by Gasteiger charge is -2.14. The van der Waals surface area contributed by atoms with Crippen LogP contribution in [0.5, 0.6) is 5.75 Å². The highest BCUT2D eigenvalue weighted by Gasteiger charge is 2.19. The molecule has 2 rings (SSSR count). The van der Waals surface area contributed by atoms with E-state index in [-0.39, 0.29) is 0 Å². The summed E-state index contributed by atoms with van der Waals surface area (Å²) in [5.74, 6) is 0.270. The van der Waals surface area contributed by atoms with Crippen molar-refractivity contribution in [3.63, 3.8) is 0 Å². The lowest BCUT2D eigenvalue weighted by molar-refractivity contribution is 0.409. The van der Waals surface area contributed by atoms with Crippen molar-refractivity contribution in [1.29, 1.82) is 5.26 Å². The molecule has 0 amide bonds. The molecule has 0 aliphatic carbocycles. The van der Waals surface area contributed by atoms with Gasteiger partial charge in [-0.1, -0.05) is 19.1 Å². The molecule has 1 aromatic carbocycles. The predicted molar refractivity (Wildman–Crippen MR) is 71.9 cm³/mol. The fraction of sp³-hybridized carbons (Fsp3) is 0.267. The van der Waals surface area contributed by atoms with Crippen LogP contribution >= 0.6 is 0 Å². The Labute approximate surface area is 112 Å². The Hall–Kier alpha value is -2.41. The summed E-state index contributed by atoms with van der Waals surface area (Å²) in [6, 6.07) is 9.97. The SMILES string of the molecule is CCc1ccc(OC)c(C(C#N)c2ccncn2)c1. The summed E-state index contributed by atoms with van der Waals surface area (Å²) in [5.41, 5.74) is 2.71. The molecule has 0 aliphatic rings. The van der Waals surface area contributed by atoms with Gasteiger partial charge in [0, 0.05) is 11.8 Å². The number of hydrogen-bond acceptors (Lipinski definition) is 4. The van der Waals surface area contributed by atoms with Crippen LogP contribution in [0.2, 0.25) is 0 Å². The third-order valence-corrected chi connectivity index (χ3v) is 3.04. The molecule has 0 N–H and O–H groups in total. The summed E-state index contributed by atoms with van der Waals surface area (Å²) < 4.78 is 5.35. The zero-order valence-corrected chi connectivity index (χ0v) is 11.0. The smallest absolute Gasteiger partial charge is 0.123 e. The Morgan fingerprint density at radius 2 is 2.21 bits per heavy atom. The first-order chi connectivity index (χ1) is 9.30. The molecule has 0 saturated heterocycles. The van der Waals surface area contributed by atoms with Crippen LogP contribution in [0.3, 0.4) is 0 Å². The molecule has 0 radical (unpaired) electrons. The molecule has 19 heavy (non-hydrogen) atoms. The largest absolute Gasteiger partial charge is 0.496 e. The van der Waals surface area contributed by atoms with Gasteiger partial charge >= 0.3 is 0 Å². The highest BCUT2D eigenvalue weighted by molar-refractivity contribution is 5.46. The number of hydrogen-bond donors (Lipinski definition) is 0. The number of nitrogens with zero attached hydrogens (tertiary/aromatic N) is 3. The minimum absolute atomic E-state index is 0.440. The first kappa shape index (κ1) is 13.0. The molecule has 96 valence electrons. The molecule has 1 unspecified atom stereocenters. The maximum absolute atomic E-state index is 9.45. The van der Waals surface area contributed by atoms with Crippen molar-refractivity contribution in [2.24, 2.45) is 0 Å². The Morgan fingerprint density at radius 1 is 1.37 bits per heavy atom. The van der Waals surface area contributed by atoms with Gasteiger partial charge in [0.15, 0.2) is 0 Å². The summed E-state index contributed by atoms with van der Waals surface area (Å²) in [6.45, 7) is 2.08. The highest BCUT2D eigenvalue weighted by Crippen LogP contribution is 2.31. The van der Waals surface area contributed by atoms with E-state index in [4.69, 9.17) is 4.74 Å². The number of nitriles is 1. The fourth-order valence-corrected chi connectivity index (χ4v) is 2.00. The van der Waals surface area contributed by atoms with Crippen LogP contribution in [0, 0.1) is 11.3 Å². The first-order valence-corrected chi connectivity index (χ1v) is 6.12. The van der Waals surface area contributed by atoms with Crippen molar-refractivity contribution < 1.29 is 4.74 Å². The van der Waals surface area contributed by atoms with Crippen LogP contribution in [0.25, 0.3) is 0 Å². The molecule has 0 aliphatic heterocycles. The number of aromatic nitrogens is 2. The number of rotatable bonds is 4. The minimum Gasteiger partial charge on any atom is -0.496 e. The molecule has 1 aromatic heterocycles. The lowest BCUT2D eigenvalue weighted by atomic mass is 9.94. The Balaban J connectivity index is 2.52. The fourth-order valence-electron chi connectivity index (χ4n) is 2.00. The topological polar surface area (TPSA) is 58.8 Å². The van der Waals surface area contributed by atoms with Crippen LogP contribution in [0.1, 0.15) is 29.7 Å². The second-order valence-electron chi connectivity index (χ2n) is 4.13.